The molecule has 0 unspecified atom stereocenters. The van der Waals surface area contributed by atoms with E-state index in [0.29, 0.717) is 10.9 Å². The summed E-state index contributed by atoms with van der Waals surface area (Å²) in [4.78, 5) is 9.59. The molecule has 1 heterocycles. The summed E-state index contributed by atoms with van der Waals surface area (Å²) in [5, 5.41) is 0.532. The molecule has 0 fully saturated rings. The first-order valence-electron chi connectivity index (χ1n) is 6.73. The van der Waals surface area contributed by atoms with Crippen LogP contribution < -0.4 is 4.90 Å². The van der Waals surface area contributed by atoms with E-state index in [-0.39, 0.29) is 0 Å². The van der Waals surface area contributed by atoms with Crippen LogP contribution in [0.25, 0.3) is 11.0 Å². The van der Waals surface area contributed by atoms with Crippen molar-refractivity contribution in [1.29, 1.82) is 0 Å². The van der Waals surface area contributed by atoms with E-state index in [1.165, 1.54) is 0 Å². The standard InChI is InChI=1S/C16H17N3OS/c1-19(2)15-10-6-3-7-12(15)11-21(20)16-17-13-8-4-5-9-14(13)18-16/h3-10H,11H2,1-2H3,(H,17,18)/t21-/m1/s1. The van der Waals surface area contributed by atoms with E-state index in [9.17, 15) is 4.21 Å². The second-order valence-electron chi connectivity index (χ2n) is 5.07. The molecule has 3 aromatic rings. The molecule has 5 heteroatoms. The number of nitrogens with zero attached hydrogens (tertiary/aromatic N) is 2. The third-order valence-electron chi connectivity index (χ3n) is 3.34. The van der Waals surface area contributed by atoms with Crippen LogP contribution in [0, 0.1) is 0 Å². The van der Waals surface area contributed by atoms with E-state index in [1.807, 2.05) is 67.5 Å². The highest BCUT2D eigenvalue weighted by molar-refractivity contribution is 7.84. The first-order chi connectivity index (χ1) is 10.1. The van der Waals surface area contributed by atoms with Crippen LogP contribution in [-0.2, 0) is 16.6 Å². The number of hydrogen-bond donors (Lipinski definition) is 1. The van der Waals surface area contributed by atoms with Crippen LogP contribution >= 0.6 is 0 Å². The Labute approximate surface area is 126 Å². The van der Waals surface area contributed by atoms with Crippen molar-refractivity contribution in [2.24, 2.45) is 0 Å². The Balaban J connectivity index is 1.89. The Morgan fingerprint density at radius 2 is 1.81 bits per heavy atom. The SMILES string of the molecule is CN(C)c1ccccc1C[S@@](=O)c1nc2ccccc2[nH]1. The van der Waals surface area contributed by atoms with Gasteiger partial charge in [0.25, 0.3) is 0 Å². The lowest BCUT2D eigenvalue weighted by atomic mass is 10.2. The number of aromatic amines is 1. The van der Waals surface area contributed by atoms with Crippen molar-refractivity contribution in [3.63, 3.8) is 0 Å². The van der Waals surface area contributed by atoms with Crippen molar-refractivity contribution in [3.05, 3.63) is 54.1 Å². The molecule has 0 aliphatic heterocycles. The summed E-state index contributed by atoms with van der Waals surface area (Å²) in [6.45, 7) is 0. The van der Waals surface area contributed by atoms with Crippen LogP contribution in [0.3, 0.4) is 0 Å². The van der Waals surface area contributed by atoms with Crippen molar-refractivity contribution in [1.82, 2.24) is 9.97 Å². The summed E-state index contributed by atoms with van der Waals surface area (Å²) in [7, 11) is 2.79. The molecule has 0 aliphatic rings. The first kappa shape index (κ1) is 13.8. The quantitative estimate of drug-likeness (QED) is 0.806. The van der Waals surface area contributed by atoms with Gasteiger partial charge in [-0.25, -0.2) is 4.98 Å². The second kappa shape index (κ2) is 5.69. The Morgan fingerprint density at radius 1 is 1.10 bits per heavy atom. The van der Waals surface area contributed by atoms with Gasteiger partial charge >= 0.3 is 0 Å². The highest BCUT2D eigenvalue weighted by Crippen LogP contribution is 2.22. The molecular formula is C16H17N3OS. The van der Waals surface area contributed by atoms with Crippen LogP contribution in [0.5, 0.6) is 0 Å². The monoisotopic (exact) mass is 299 g/mol. The van der Waals surface area contributed by atoms with Crippen molar-refractivity contribution in [2.75, 3.05) is 19.0 Å². The van der Waals surface area contributed by atoms with Crippen molar-refractivity contribution in [2.45, 2.75) is 10.9 Å². The Kier molecular flexibility index (Phi) is 3.75. The fourth-order valence-corrected chi connectivity index (χ4v) is 3.40. The van der Waals surface area contributed by atoms with Gasteiger partial charge in [-0.1, -0.05) is 30.3 Å². The van der Waals surface area contributed by atoms with Gasteiger partial charge in [-0.2, -0.15) is 0 Å². The summed E-state index contributed by atoms with van der Waals surface area (Å²) in [6, 6.07) is 15.7. The number of H-pyrrole nitrogens is 1. The van der Waals surface area contributed by atoms with Crippen LogP contribution in [-0.4, -0.2) is 28.3 Å². The molecule has 0 saturated heterocycles. The maximum absolute atomic E-state index is 12.6. The topological polar surface area (TPSA) is 49.0 Å². The highest BCUT2D eigenvalue weighted by atomic mass is 32.2. The van der Waals surface area contributed by atoms with Crippen LogP contribution in [0.4, 0.5) is 5.69 Å². The van der Waals surface area contributed by atoms with Gasteiger partial charge in [0.2, 0.25) is 0 Å². The van der Waals surface area contributed by atoms with Gasteiger partial charge in [-0.05, 0) is 23.8 Å². The zero-order chi connectivity index (χ0) is 14.8. The Hall–Kier alpha value is -2.14. The summed E-state index contributed by atoms with van der Waals surface area (Å²) >= 11 is 0. The maximum Gasteiger partial charge on any atom is 0.197 e. The zero-order valence-corrected chi connectivity index (χ0v) is 12.9. The second-order valence-corrected chi connectivity index (χ2v) is 6.44. The van der Waals surface area contributed by atoms with Gasteiger partial charge < -0.3 is 9.88 Å². The third kappa shape index (κ3) is 2.83. The Bertz CT molecular complexity index is 762. The van der Waals surface area contributed by atoms with Gasteiger partial charge in [-0.15, -0.1) is 0 Å². The van der Waals surface area contributed by atoms with E-state index in [0.717, 1.165) is 22.3 Å². The molecule has 0 aliphatic carbocycles. The molecule has 108 valence electrons. The van der Waals surface area contributed by atoms with Gasteiger partial charge in [0.05, 0.1) is 27.6 Å². The number of rotatable bonds is 4. The molecular weight excluding hydrogens is 282 g/mol. The molecule has 3 rings (SSSR count). The number of anilines is 1. The third-order valence-corrected chi connectivity index (χ3v) is 4.54. The molecule has 1 atom stereocenters. The number of aromatic nitrogens is 2. The number of nitrogens with one attached hydrogen (secondary N) is 1. The van der Waals surface area contributed by atoms with Gasteiger partial charge in [0.1, 0.15) is 0 Å². The normalized spacial score (nSPS) is 12.5. The van der Waals surface area contributed by atoms with Gasteiger partial charge in [-0.3, -0.25) is 4.21 Å². The molecule has 0 amide bonds. The molecule has 2 aromatic carbocycles. The number of imidazole rings is 1. The predicted molar refractivity (Wildman–Crippen MR) is 87.0 cm³/mol. The number of para-hydroxylation sites is 3. The molecule has 4 nitrogen and oxygen atoms in total. The molecule has 0 spiro atoms. The minimum atomic E-state index is -1.19. The zero-order valence-electron chi connectivity index (χ0n) is 12.0. The molecule has 21 heavy (non-hydrogen) atoms. The van der Waals surface area contributed by atoms with E-state index in [1.54, 1.807) is 0 Å². The molecule has 0 bridgehead atoms. The van der Waals surface area contributed by atoms with Gasteiger partial charge in [0.15, 0.2) is 5.16 Å². The fourth-order valence-electron chi connectivity index (χ4n) is 2.32. The minimum absolute atomic E-state index is 0.453. The fraction of sp³-hybridized carbons (Fsp3) is 0.188. The summed E-state index contributed by atoms with van der Waals surface area (Å²) < 4.78 is 12.6. The smallest absolute Gasteiger partial charge is 0.197 e. The first-order valence-corrected chi connectivity index (χ1v) is 8.05. The molecule has 0 saturated carbocycles. The van der Waals surface area contributed by atoms with E-state index < -0.39 is 10.8 Å². The predicted octanol–water partition coefficient (Wildman–Crippen LogP) is 2.94. The van der Waals surface area contributed by atoms with Crippen LogP contribution in [0.1, 0.15) is 5.56 Å². The number of benzene rings is 2. The van der Waals surface area contributed by atoms with Crippen LogP contribution in [0.15, 0.2) is 53.7 Å². The summed E-state index contributed by atoms with van der Waals surface area (Å²) in [5.41, 5.74) is 3.91. The molecule has 0 radical (unpaired) electrons. The average Bonchev–Trinajstić information content (AvgIpc) is 2.91. The average molecular weight is 299 g/mol. The molecule has 1 aromatic heterocycles. The largest absolute Gasteiger partial charge is 0.377 e. The lowest BCUT2D eigenvalue weighted by Crippen LogP contribution is -2.12. The Morgan fingerprint density at radius 3 is 2.57 bits per heavy atom. The summed E-state index contributed by atoms with van der Waals surface area (Å²) in [5.74, 6) is 0.453. The van der Waals surface area contributed by atoms with Crippen molar-refractivity contribution >= 4 is 27.5 Å². The lowest BCUT2D eigenvalue weighted by molar-refractivity contribution is 0.677. The number of hydrogen-bond acceptors (Lipinski definition) is 3. The van der Waals surface area contributed by atoms with Crippen molar-refractivity contribution in [3.8, 4) is 0 Å². The minimum Gasteiger partial charge on any atom is -0.377 e. The van der Waals surface area contributed by atoms with E-state index in [2.05, 4.69) is 9.97 Å². The van der Waals surface area contributed by atoms with Gasteiger partial charge in [0, 0.05) is 19.8 Å². The van der Waals surface area contributed by atoms with E-state index >= 15 is 0 Å². The van der Waals surface area contributed by atoms with Crippen LogP contribution in [0.2, 0.25) is 0 Å². The molecule has 1 N–H and O–H groups in total. The number of fused-ring (bicyclic) bond motifs is 1. The maximum atomic E-state index is 12.6. The lowest BCUT2D eigenvalue weighted by Gasteiger charge is -2.16. The van der Waals surface area contributed by atoms with E-state index in [4.69, 9.17) is 0 Å². The van der Waals surface area contributed by atoms with Crippen molar-refractivity contribution < 1.29 is 4.21 Å². The summed E-state index contributed by atoms with van der Waals surface area (Å²) in [6.07, 6.45) is 0. The highest BCUT2D eigenvalue weighted by Gasteiger charge is 2.13.